The van der Waals surface area contributed by atoms with E-state index in [1.165, 1.54) is 96.3 Å². The third-order valence-corrected chi connectivity index (χ3v) is 8.83. The number of hydrogen-bond donors (Lipinski definition) is 1. The number of hydrogen-bond acceptors (Lipinski definition) is 5. The maximum absolute atomic E-state index is 12.1. The van der Waals surface area contributed by atoms with Crippen LogP contribution < -0.4 is 0 Å². The van der Waals surface area contributed by atoms with Crippen LogP contribution >= 0.6 is 0 Å². The molecule has 0 aromatic heterocycles. The zero-order chi connectivity index (χ0) is 36.4. The van der Waals surface area contributed by atoms with Crippen LogP contribution in [0.1, 0.15) is 194 Å². The molecule has 0 aromatic rings. The third-order valence-electron chi connectivity index (χ3n) is 8.83. The topological polar surface area (TPSA) is 72.8 Å². The fraction of sp³-hybridized carbons (Fsp3) is 0.733. The first-order chi connectivity index (χ1) is 24.6. The number of allylic oxidation sites excluding steroid dienone is 10. The summed E-state index contributed by atoms with van der Waals surface area (Å²) in [5, 5.41) is 9.47. The zero-order valence-electron chi connectivity index (χ0n) is 32.6. The first kappa shape index (κ1) is 47.6. The fourth-order valence-corrected chi connectivity index (χ4v) is 5.70. The molecule has 0 aromatic carbocycles. The van der Waals surface area contributed by atoms with E-state index in [9.17, 15) is 14.7 Å². The van der Waals surface area contributed by atoms with E-state index in [-0.39, 0.29) is 25.2 Å². The quantitative estimate of drug-likeness (QED) is 0.0397. The number of aliphatic hydroxyl groups excluding tert-OH is 1. The lowest BCUT2D eigenvalue weighted by molar-refractivity contribution is -0.161. The predicted molar refractivity (Wildman–Crippen MR) is 214 cm³/mol. The lowest BCUT2D eigenvalue weighted by atomic mass is 10.0. The number of carbonyl (C=O) groups is 2. The van der Waals surface area contributed by atoms with Gasteiger partial charge in [0.05, 0.1) is 6.61 Å². The van der Waals surface area contributed by atoms with Gasteiger partial charge in [0.15, 0.2) is 6.10 Å². The first-order valence-corrected chi connectivity index (χ1v) is 20.8. The number of esters is 2. The second kappa shape index (κ2) is 41.0. The van der Waals surface area contributed by atoms with Crippen LogP contribution in [0.25, 0.3) is 0 Å². The van der Waals surface area contributed by atoms with Crippen LogP contribution in [-0.4, -0.2) is 36.4 Å². The number of carbonyl (C=O) groups excluding carboxylic acids is 2. The fourth-order valence-electron chi connectivity index (χ4n) is 5.70. The average Bonchev–Trinajstić information content (AvgIpc) is 3.12. The van der Waals surface area contributed by atoms with Gasteiger partial charge in [-0.05, 0) is 57.8 Å². The van der Waals surface area contributed by atoms with Crippen molar-refractivity contribution < 1.29 is 24.2 Å². The van der Waals surface area contributed by atoms with Crippen LogP contribution in [0.2, 0.25) is 0 Å². The van der Waals surface area contributed by atoms with Crippen LogP contribution in [0.4, 0.5) is 0 Å². The van der Waals surface area contributed by atoms with Crippen molar-refractivity contribution in [2.45, 2.75) is 200 Å². The van der Waals surface area contributed by atoms with Gasteiger partial charge in [-0.15, -0.1) is 0 Å². The second-order valence-corrected chi connectivity index (χ2v) is 13.7. The molecule has 0 rings (SSSR count). The first-order valence-electron chi connectivity index (χ1n) is 20.8. The molecule has 5 nitrogen and oxygen atoms in total. The Labute approximate surface area is 309 Å². The van der Waals surface area contributed by atoms with E-state index in [1.54, 1.807) is 0 Å². The zero-order valence-corrected chi connectivity index (χ0v) is 32.6. The van der Waals surface area contributed by atoms with Gasteiger partial charge in [0.25, 0.3) is 0 Å². The van der Waals surface area contributed by atoms with Crippen molar-refractivity contribution >= 4 is 11.9 Å². The predicted octanol–water partition coefficient (Wildman–Crippen LogP) is 13.2. The molecule has 0 heterocycles. The molecule has 1 atom stereocenters. The Kier molecular flexibility index (Phi) is 39.1. The van der Waals surface area contributed by atoms with Gasteiger partial charge in [-0.25, -0.2) is 0 Å². The SMILES string of the molecule is CC/C=C\C/C=C\C/C=C\C/C=C\C/C=C\CCCCCCCCCCCCCCCCCC(=O)OC(CO)COC(=O)CCCCCCC. The van der Waals surface area contributed by atoms with E-state index in [4.69, 9.17) is 9.47 Å². The van der Waals surface area contributed by atoms with Crippen LogP contribution in [-0.2, 0) is 19.1 Å². The lowest BCUT2D eigenvalue weighted by Gasteiger charge is -2.15. The summed E-state index contributed by atoms with van der Waals surface area (Å²) in [5.74, 6) is -0.605. The molecule has 0 saturated heterocycles. The number of rotatable bonds is 37. The average molecular weight is 699 g/mol. The summed E-state index contributed by atoms with van der Waals surface area (Å²) in [7, 11) is 0. The van der Waals surface area contributed by atoms with E-state index in [0.29, 0.717) is 12.8 Å². The molecule has 0 bridgehead atoms. The third kappa shape index (κ3) is 38.4. The van der Waals surface area contributed by atoms with Crippen molar-refractivity contribution in [2.24, 2.45) is 0 Å². The largest absolute Gasteiger partial charge is 0.462 e. The molecule has 0 amide bonds. The normalized spacial score (nSPS) is 12.8. The second-order valence-electron chi connectivity index (χ2n) is 13.7. The minimum absolute atomic E-state index is 0.0665. The van der Waals surface area contributed by atoms with Gasteiger partial charge in [-0.2, -0.15) is 0 Å². The van der Waals surface area contributed by atoms with Crippen LogP contribution in [0.15, 0.2) is 60.8 Å². The molecular formula is C45H78O5. The molecule has 288 valence electrons. The van der Waals surface area contributed by atoms with Gasteiger partial charge in [-0.3, -0.25) is 9.59 Å². The highest BCUT2D eigenvalue weighted by molar-refractivity contribution is 5.70. The Morgan fingerprint density at radius 3 is 1.30 bits per heavy atom. The molecule has 0 aliphatic heterocycles. The number of ether oxygens (including phenoxy) is 2. The molecule has 0 spiro atoms. The summed E-state index contributed by atoms with van der Waals surface area (Å²) in [6.07, 6.45) is 53.4. The smallest absolute Gasteiger partial charge is 0.306 e. The van der Waals surface area contributed by atoms with Crippen molar-refractivity contribution in [3.8, 4) is 0 Å². The lowest BCUT2D eigenvalue weighted by Crippen LogP contribution is -2.28. The molecule has 5 heteroatoms. The van der Waals surface area contributed by atoms with E-state index in [1.807, 2.05) is 0 Å². The van der Waals surface area contributed by atoms with E-state index >= 15 is 0 Å². The molecule has 50 heavy (non-hydrogen) atoms. The van der Waals surface area contributed by atoms with Gasteiger partial charge < -0.3 is 14.6 Å². The highest BCUT2D eigenvalue weighted by Crippen LogP contribution is 2.15. The maximum atomic E-state index is 12.1. The Bertz CT molecular complexity index is 884. The highest BCUT2D eigenvalue weighted by Gasteiger charge is 2.16. The van der Waals surface area contributed by atoms with Crippen LogP contribution in [0.5, 0.6) is 0 Å². The van der Waals surface area contributed by atoms with Crippen LogP contribution in [0.3, 0.4) is 0 Å². The Balaban J connectivity index is 3.44. The van der Waals surface area contributed by atoms with E-state index < -0.39 is 6.10 Å². The Hall–Kier alpha value is -2.40. The molecule has 0 saturated carbocycles. The van der Waals surface area contributed by atoms with Crippen molar-refractivity contribution in [1.29, 1.82) is 0 Å². The molecular weight excluding hydrogens is 620 g/mol. The van der Waals surface area contributed by atoms with Gasteiger partial charge in [0.2, 0.25) is 0 Å². The van der Waals surface area contributed by atoms with Gasteiger partial charge >= 0.3 is 11.9 Å². The van der Waals surface area contributed by atoms with E-state index in [0.717, 1.165) is 70.6 Å². The van der Waals surface area contributed by atoms with Crippen molar-refractivity contribution in [3.05, 3.63) is 60.8 Å². The standard InChI is InChI=1S/C45H78O5/c1-3-5-7-9-10-11-12-13-14-15-16-17-18-19-20-21-22-23-24-25-26-27-28-29-30-31-32-33-34-36-38-40-45(48)50-43(41-46)42-49-44(47)39-37-35-8-6-4-2/h5,7,10-11,13-14,16-17,19-20,43,46H,3-4,6,8-9,12,15,18,21-42H2,1-2H3/b7-5-,11-10-,14-13-,17-16-,20-19-. The molecule has 0 aliphatic carbocycles. The van der Waals surface area contributed by atoms with E-state index in [2.05, 4.69) is 74.6 Å². The summed E-state index contributed by atoms with van der Waals surface area (Å²) in [4.78, 5) is 24.0. The summed E-state index contributed by atoms with van der Waals surface area (Å²) >= 11 is 0. The Morgan fingerprint density at radius 2 is 0.860 bits per heavy atom. The van der Waals surface area contributed by atoms with Crippen molar-refractivity contribution in [3.63, 3.8) is 0 Å². The number of unbranched alkanes of at least 4 members (excludes halogenated alkanes) is 19. The monoisotopic (exact) mass is 699 g/mol. The Morgan fingerprint density at radius 1 is 0.480 bits per heavy atom. The molecule has 0 radical (unpaired) electrons. The van der Waals surface area contributed by atoms with Gasteiger partial charge in [0, 0.05) is 12.8 Å². The van der Waals surface area contributed by atoms with Crippen LogP contribution in [0, 0.1) is 0 Å². The molecule has 0 aliphatic rings. The summed E-state index contributed by atoms with van der Waals surface area (Å²) in [6.45, 7) is 3.93. The summed E-state index contributed by atoms with van der Waals surface area (Å²) in [5.41, 5.74) is 0. The molecule has 1 unspecified atom stereocenters. The summed E-state index contributed by atoms with van der Waals surface area (Å²) < 4.78 is 10.5. The van der Waals surface area contributed by atoms with Gasteiger partial charge in [0.1, 0.15) is 6.61 Å². The maximum Gasteiger partial charge on any atom is 0.306 e. The highest BCUT2D eigenvalue weighted by atomic mass is 16.6. The minimum atomic E-state index is -0.766. The molecule has 1 N–H and O–H groups in total. The van der Waals surface area contributed by atoms with Gasteiger partial charge in [-0.1, -0.05) is 184 Å². The molecule has 0 fully saturated rings. The summed E-state index contributed by atoms with van der Waals surface area (Å²) in [6, 6.07) is 0. The minimum Gasteiger partial charge on any atom is -0.462 e. The van der Waals surface area contributed by atoms with Crippen molar-refractivity contribution in [1.82, 2.24) is 0 Å². The van der Waals surface area contributed by atoms with Crippen molar-refractivity contribution in [2.75, 3.05) is 13.2 Å². The number of aliphatic hydroxyl groups is 1.